The molecule has 0 aliphatic heterocycles. The second kappa shape index (κ2) is 7.85. The maximum absolute atomic E-state index is 11.8. The molecule has 0 saturated carbocycles. The van der Waals surface area contributed by atoms with Gasteiger partial charge in [-0.05, 0) is 24.6 Å². The van der Waals surface area contributed by atoms with Gasteiger partial charge >= 0.3 is 0 Å². The minimum absolute atomic E-state index is 0.148. The highest BCUT2D eigenvalue weighted by atomic mass is 16.5. The molecule has 0 spiro atoms. The molecule has 0 radical (unpaired) electrons. The van der Waals surface area contributed by atoms with Crippen molar-refractivity contribution in [2.24, 2.45) is 0 Å². The van der Waals surface area contributed by atoms with Crippen LogP contribution in [0, 0.1) is 0 Å². The number of hydrogen-bond acceptors (Lipinski definition) is 3. The van der Waals surface area contributed by atoms with Gasteiger partial charge in [0, 0.05) is 24.4 Å². The lowest BCUT2D eigenvalue weighted by molar-refractivity contribution is -0.116. The Labute approximate surface area is 124 Å². The van der Waals surface area contributed by atoms with Gasteiger partial charge < -0.3 is 10.1 Å². The summed E-state index contributed by atoms with van der Waals surface area (Å²) >= 11 is 0. The monoisotopic (exact) mass is 282 g/mol. The van der Waals surface area contributed by atoms with Crippen molar-refractivity contribution < 1.29 is 9.53 Å². The fourth-order valence-electron chi connectivity index (χ4n) is 1.80. The summed E-state index contributed by atoms with van der Waals surface area (Å²) in [5.74, 6) is 0.414. The first-order valence-electron chi connectivity index (χ1n) is 6.87. The van der Waals surface area contributed by atoms with Gasteiger partial charge in [0.2, 0.25) is 11.8 Å². The largest absolute Gasteiger partial charge is 0.478 e. The molecular formula is C17H18N2O2. The number of hydrogen-bond donors (Lipinski definition) is 1. The van der Waals surface area contributed by atoms with Gasteiger partial charge in [-0.2, -0.15) is 0 Å². The Bertz CT molecular complexity index is 609. The third-order valence-electron chi connectivity index (χ3n) is 2.81. The number of amides is 1. The maximum atomic E-state index is 11.8. The molecule has 1 N–H and O–H groups in total. The molecule has 0 aliphatic carbocycles. The third kappa shape index (κ3) is 4.76. The van der Waals surface area contributed by atoms with Crippen molar-refractivity contribution >= 4 is 12.0 Å². The summed E-state index contributed by atoms with van der Waals surface area (Å²) in [7, 11) is 0. The summed E-state index contributed by atoms with van der Waals surface area (Å²) in [6.07, 6.45) is 4.97. The van der Waals surface area contributed by atoms with Crippen molar-refractivity contribution in [3.8, 4) is 5.88 Å². The molecule has 1 amide bonds. The second-order valence-electron chi connectivity index (χ2n) is 4.36. The van der Waals surface area contributed by atoms with Gasteiger partial charge in [0.05, 0.1) is 6.61 Å². The van der Waals surface area contributed by atoms with Crippen LogP contribution in [0.15, 0.2) is 54.7 Å². The molecule has 0 unspecified atom stereocenters. The number of rotatable bonds is 6. The van der Waals surface area contributed by atoms with Crippen molar-refractivity contribution in [3.63, 3.8) is 0 Å². The molecule has 2 aromatic rings. The van der Waals surface area contributed by atoms with Gasteiger partial charge in [-0.3, -0.25) is 4.79 Å². The Morgan fingerprint density at radius 3 is 2.81 bits per heavy atom. The van der Waals surface area contributed by atoms with Gasteiger partial charge in [-0.1, -0.05) is 36.4 Å². The van der Waals surface area contributed by atoms with Gasteiger partial charge in [-0.25, -0.2) is 4.98 Å². The molecule has 0 saturated heterocycles. The zero-order valence-corrected chi connectivity index (χ0v) is 12.0. The molecule has 2 rings (SSSR count). The molecule has 4 nitrogen and oxygen atoms in total. The molecule has 0 fully saturated rings. The van der Waals surface area contributed by atoms with E-state index >= 15 is 0 Å². The molecule has 108 valence electrons. The predicted molar refractivity (Wildman–Crippen MR) is 82.7 cm³/mol. The molecule has 0 aliphatic rings. The highest BCUT2D eigenvalue weighted by Crippen LogP contribution is 2.13. The van der Waals surface area contributed by atoms with E-state index in [1.54, 1.807) is 12.3 Å². The molecule has 1 aromatic carbocycles. The summed E-state index contributed by atoms with van der Waals surface area (Å²) in [6.45, 7) is 2.84. The van der Waals surface area contributed by atoms with E-state index in [4.69, 9.17) is 4.74 Å². The minimum atomic E-state index is -0.148. The first kappa shape index (κ1) is 14.8. The quantitative estimate of drug-likeness (QED) is 0.829. The number of carbonyl (C=O) groups is 1. The van der Waals surface area contributed by atoms with Crippen LogP contribution in [-0.4, -0.2) is 17.5 Å². The average Bonchev–Trinajstić information content (AvgIpc) is 2.53. The van der Waals surface area contributed by atoms with Crippen LogP contribution in [0.2, 0.25) is 0 Å². The van der Waals surface area contributed by atoms with E-state index in [2.05, 4.69) is 10.3 Å². The Morgan fingerprint density at radius 1 is 1.24 bits per heavy atom. The van der Waals surface area contributed by atoms with Gasteiger partial charge in [0.15, 0.2) is 0 Å². The number of nitrogens with zero attached hydrogens (tertiary/aromatic N) is 1. The van der Waals surface area contributed by atoms with Crippen molar-refractivity contribution in [3.05, 3.63) is 65.9 Å². The molecule has 21 heavy (non-hydrogen) atoms. The summed E-state index contributed by atoms with van der Waals surface area (Å²) in [5.41, 5.74) is 1.85. The van der Waals surface area contributed by atoms with E-state index < -0.39 is 0 Å². The Balaban J connectivity index is 1.91. The van der Waals surface area contributed by atoms with E-state index in [1.165, 1.54) is 6.08 Å². The standard InChI is InChI=1S/C17H18N2O2/c1-2-21-17-15(9-6-12-18-17)13-19-16(20)11-10-14-7-4-3-5-8-14/h3-12H,2,13H2,1H3,(H,19,20)/b11-10+. The SMILES string of the molecule is CCOc1ncccc1CNC(=O)/C=C/c1ccccc1. The summed E-state index contributed by atoms with van der Waals surface area (Å²) in [5, 5.41) is 2.82. The number of ether oxygens (including phenoxy) is 1. The Hall–Kier alpha value is -2.62. The Kier molecular flexibility index (Phi) is 5.52. The van der Waals surface area contributed by atoms with Crippen LogP contribution in [0.5, 0.6) is 5.88 Å². The predicted octanol–water partition coefficient (Wildman–Crippen LogP) is 2.81. The molecule has 1 aromatic heterocycles. The van der Waals surface area contributed by atoms with Gasteiger partial charge in [0.25, 0.3) is 0 Å². The van der Waals surface area contributed by atoms with Crippen LogP contribution in [0.4, 0.5) is 0 Å². The highest BCUT2D eigenvalue weighted by Gasteiger charge is 2.04. The minimum Gasteiger partial charge on any atom is -0.478 e. The molecule has 4 heteroatoms. The smallest absolute Gasteiger partial charge is 0.244 e. The first-order chi connectivity index (χ1) is 10.3. The number of nitrogens with one attached hydrogen (secondary N) is 1. The van der Waals surface area contributed by atoms with Crippen LogP contribution in [-0.2, 0) is 11.3 Å². The second-order valence-corrected chi connectivity index (χ2v) is 4.36. The summed E-state index contributed by atoms with van der Waals surface area (Å²) in [6, 6.07) is 13.4. The fraction of sp³-hybridized carbons (Fsp3) is 0.176. The number of pyridine rings is 1. The van der Waals surface area contributed by atoms with Crippen LogP contribution in [0.3, 0.4) is 0 Å². The molecule has 0 bridgehead atoms. The topological polar surface area (TPSA) is 51.2 Å². The molecule has 1 heterocycles. The number of carbonyl (C=O) groups excluding carboxylic acids is 1. The van der Waals surface area contributed by atoms with Gasteiger partial charge in [0.1, 0.15) is 0 Å². The van der Waals surface area contributed by atoms with E-state index in [0.717, 1.165) is 11.1 Å². The summed E-state index contributed by atoms with van der Waals surface area (Å²) in [4.78, 5) is 15.9. The molecule has 0 atom stereocenters. The fourth-order valence-corrected chi connectivity index (χ4v) is 1.80. The van der Waals surface area contributed by atoms with E-state index in [-0.39, 0.29) is 5.91 Å². The van der Waals surface area contributed by atoms with Crippen molar-refractivity contribution in [2.75, 3.05) is 6.61 Å². The van der Waals surface area contributed by atoms with Crippen LogP contribution in [0.25, 0.3) is 6.08 Å². The van der Waals surface area contributed by atoms with E-state index in [0.29, 0.717) is 19.0 Å². The maximum Gasteiger partial charge on any atom is 0.244 e. The lowest BCUT2D eigenvalue weighted by atomic mass is 10.2. The lowest BCUT2D eigenvalue weighted by Gasteiger charge is -2.08. The molecular weight excluding hydrogens is 264 g/mol. The lowest BCUT2D eigenvalue weighted by Crippen LogP contribution is -2.20. The average molecular weight is 282 g/mol. The van der Waals surface area contributed by atoms with Crippen molar-refractivity contribution in [2.45, 2.75) is 13.5 Å². The van der Waals surface area contributed by atoms with Crippen LogP contribution in [0.1, 0.15) is 18.1 Å². The van der Waals surface area contributed by atoms with Crippen molar-refractivity contribution in [1.82, 2.24) is 10.3 Å². The third-order valence-corrected chi connectivity index (χ3v) is 2.81. The zero-order chi connectivity index (χ0) is 14.9. The van der Waals surface area contributed by atoms with E-state index in [1.807, 2.05) is 49.4 Å². The zero-order valence-electron chi connectivity index (χ0n) is 12.0. The summed E-state index contributed by atoms with van der Waals surface area (Å²) < 4.78 is 5.42. The van der Waals surface area contributed by atoms with Crippen LogP contribution >= 0.6 is 0 Å². The number of benzene rings is 1. The van der Waals surface area contributed by atoms with Crippen LogP contribution < -0.4 is 10.1 Å². The number of aromatic nitrogens is 1. The first-order valence-corrected chi connectivity index (χ1v) is 6.87. The highest BCUT2D eigenvalue weighted by molar-refractivity contribution is 5.91. The normalized spacial score (nSPS) is 10.5. The Morgan fingerprint density at radius 2 is 2.05 bits per heavy atom. The van der Waals surface area contributed by atoms with E-state index in [9.17, 15) is 4.79 Å². The van der Waals surface area contributed by atoms with Crippen molar-refractivity contribution in [1.29, 1.82) is 0 Å². The van der Waals surface area contributed by atoms with Gasteiger partial charge in [-0.15, -0.1) is 0 Å².